The van der Waals surface area contributed by atoms with Crippen molar-refractivity contribution >= 4 is 62.7 Å². The van der Waals surface area contributed by atoms with Crippen molar-refractivity contribution in [3.05, 3.63) is 144 Å². The molecule has 0 aromatic heterocycles. The molecule has 1 aliphatic rings. The molecule has 0 saturated carbocycles. The topological polar surface area (TPSA) is 73.8 Å². The Labute approximate surface area is 372 Å². The third-order valence-corrected chi connectivity index (χ3v) is 20.2. The summed E-state index contributed by atoms with van der Waals surface area (Å²) in [5.41, 5.74) is 6.88. The van der Waals surface area contributed by atoms with Gasteiger partial charge in [-0.2, -0.15) is 23.5 Å². The molecule has 0 radical (unpaired) electrons. The maximum absolute atomic E-state index is 6.60. The summed E-state index contributed by atoms with van der Waals surface area (Å²) in [5.74, 6) is 5.56. The van der Waals surface area contributed by atoms with Crippen LogP contribution in [0.15, 0.2) is 121 Å². The highest BCUT2D eigenvalue weighted by Gasteiger charge is 2.47. The first-order chi connectivity index (χ1) is 29.9. The predicted octanol–water partition coefficient (Wildman–Crippen LogP) is 11.1. The standard InChI is InChI=1S/C49H58O8S2Si2/c1-50-60(51-2,52-3)35-33-58-31-15-29-56-47-27-13-19-39-41(47)21-11-25-45(39)49(43-23-9-7-17-37(43)38-18-8-10-24-44(38)49)46-26-12-22-42-40(46)20-14-28-48(42)57-30-16-32-59-34-36-61(53-4,54-5)55-6/h7-14,17-28H,15-16,29-36H2,1-6H3. The minimum absolute atomic E-state index is 0.618. The lowest BCUT2D eigenvalue weighted by Gasteiger charge is -2.36. The fraction of sp³-hybridized carbons (Fsp3) is 0.347. The van der Waals surface area contributed by atoms with Crippen molar-refractivity contribution in [2.45, 2.75) is 30.3 Å². The first-order valence-corrected chi connectivity index (χ1v) is 27.1. The van der Waals surface area contributed by atoms with Crippen LogP contribution in [0.4, 0.5) is 0 Å². The molecule has 7 rings (SSSR count). The van der Waals surface area contributed by atoms with Gasteiger partial charge < -0.3 is 36.0 Å². The van der Waals surface area contributed by atoms with Crippen LogP contribution in [0.25, 0.3) is 32.7 Å². The highest BCUT2D eigenvalue weighted by Crippen LogP contribution is 2.58. The number of thioether (sulfide) groups is 2. The summed E-state index contributed by atoms with van der Waals surface area (Å²) >= 11 is 3.75. The fourth-order valence-corrected chi connectivity index (χ4v) is 15.3. The second-order valence-electron chi connectivity index (χ2n) is 14.9. The van der Waals surface area contributed by atoms with Crippen molar-refractivity contribution in [1.82, 2.24) is 0 Å². The largest absolute Gasteiger partial charge is 0.500 e. The second-order valence-corrected chi connectivity index (χ2v) is 23.5. The maximum atomic E-state index is 6.60. The van der Waals surface area contributed by atoms with Crippen LogP contribution in [-0.2, 0) is 32.0 Å². The molecule has 0 amide bonds. The Balaban J connectivity index is 1.19. The molecule has 12 heteroatoms. The van der Waals surface area contributed by atoms with Crippen LogP contribution in [0.5, 0.6) is 11.5 Å². The molecule has 322 valence electrons. The number of hydrogen-bond donors (Lipinski definition) is 0. The maximum Gasteiger partial charge on any atom is 0.500 e. The molecule has 0 heterocycles. The van der Waals surface area contributed by atoms with Gasteiger partial charge >= 0.3 is 17.6 Å². The Hall–Kier alpha value is -3.67. The van der Waals surface area contributed by atoms with Gasteiger partial charge in [-0.3, -0.25) is 0 Å². The molecular weight excluding hydrogens is 837 g/mol. The summed E-state index contributed by atoms with van der Waals surface area (Å²) in [7, 11) is 4.87. The van der Waals surface area contributed by atoms with Crippen LogP contribution in [-0.4, -0.2) is 96.5 Å². The number of benzene rings is 6. The zero-order chi connectivity index (χ0) is 42.7. The average molecular weight is 895 g/mol. The lowest BCUT2D eigenvalue weighted by Crippen LogP contribution is -2.43. The van der Waals surface area contributed by atoms with Gasteiger partial charge in [-0.1, -0.05) is 109 Å². The summed E-state index contributed by atoms with van der Waals surface area (Å²) in [5, 5.41) is 4.55. The molecule has 6 aromatic rings. The normalized spacial score (nSPS) is 13.4. The highest BCUT2D eigenvalue weighted by atomic mass is 32.2. The van der Waals surface area contributed by atoms with Gasteiger partial charge in [0, 0.05) is 65.5 Å². The molecule has 0 N–H and O–H groups in total. The summed E-state index contributed by atoms with van der Waals surface area (Å²) in [6.45, 7) is 1.24. The van der Waals surface area contributed by atoms with Gasteiger partial charge in [0.1, 0.15) is 11.5 Å². The Morgan fingerprint density at radius 3 is 1.16 bits per heavy atom. The Kier molecular flexibility index (Phi) is 15.7. The number of ether oxygens (including phenoxy) is 2. The molecule has 8 nitrogen and oxygen atoms in total. The molecular formula is C49H58O8S2Si2. The van der Waals surface area contributed by atoms with Gasteiger partial charge in [-0.05, 0) is 92.1 Å². The van der Waals surface area contributed by atoms with Crippen LogP contribution in [0.3, 0.4) is 0 Å². The summed E-state index contributed by atoms with van der Waals surface area (Å²) in [6.07, 6.45) is 1.84. The van der Waals surface area contributed by atoms with Crippen molar-refractivity contribution < 1.29 is 36.0 Å². The van der Waals surface area contributed by atoms with E-state index in [9.17, 15) is 0 Å². The van der Waals surface area contributed by atoms with Crippen LogP contribution < -0.4 is 9.47 Å². The average Bonchev–Trinajstić information content (AvgIpc) is 3.61. The first kappa shape index (κ1) is 45.4. The van der Waals surface area contributed by atoms with Gasteiger partial charge in [0.2, 0.25) is 0 Å². The van der Waals surface area contributed by atoms with Crippen molar-refractivity contribution in [1.29, 1.82) is 0 Å². The van der Waals surface area contributed by atoms with Crippen molar-refractivity contribution in [3.63, 3.8) is 0 Å². The monoisotopic (exact) mass is 894 g/mol. The van der Waals surface area contributed by atoms with Gasteiger partial charge in [-0.25, -0.2) is 0 Å². The number of rotatable bonds is 24. The molecule has 6 aromatic carbocycles. The van der Waals surface area contributed by atoms with Crippen molar-refractivity contribution in [3.8, 4) is 22.6 Å². The first-order valence-electron chi connectivity index (χ1n) is 20.9. The number of hydrogen-bond acceptors (Lipinski definition) is 10. The van der Waals surface area contributed by atoms with Crippen LogP contribution in [0.2, 0.25) is 12.1 Å². The van der Waals surface area contributed by atoms with E-state index in [1.807, 2.05) is 23.5 Å². The summed E-state index contributed by atoms with van der Waals surface area (Å²) < 4.78 is 46.8. The second kappa shape index (κ2) is 21.1. The molecule has 0 aliphatic heterocycles. The lowest BCUT2D eigenvalue weighted by molar-refractivity contribution is 0.125. The van der Waals surface area contributed by atoms with Gasteiger partial charge in [0.05, 0.1) is 18.6 Å². The molecule has 0 fully saturated rings. The Morgan fingerprint density at radius 1 is 0.393 bits per heavy atom. The minimum atomic E-state index is -2.57. The zero-order valence-corrected chi connectivity index (χ0v) is 39.8. The summed E-state index contributed by atoms with van der Waals surface area (Å²) in [6, 6.07) is 45.8. The van der Waals surface area contributed by atoms with E-state index in [0.717, 1.165) is 70.2 Å². The quantitative estimate of drug-likeness (QED) is 0.0432. The molecule has 1 aliphatic carbocycles. The SMILES string of the molecule is CO[Si](CCSCCCOc1cccc2c(C3(c4cccc5c(OCCCSCC[Si](OC)(OC)OC)cccc45)c4ccccc4-c4ccccc43)cccc12)(OC)OC. The molecule has 0 unspecified atom stereocenters. The van der Waals surface area contributed by atoms with E-state index in [0.29, 0.717) is 13.2 Å². The van der Waals surface area contributed by atoms with E-state index in [2.05, 4.69) is 121 Å². The third-order valence-electron chi connectivity index (χ3n) is 11.9. The van der Waals surface area contributed by atoms with Crippen molar-refractivity contribution in [2.75, 3.05) is 78.9 Å². The molecule has 0 saturated heterocycles. The van der Waals surface area contributed by atoms with Crippen LogP contribution in [0.1, 0.15) is 35.1 Å². The van der Waals surface area contributed by atoms with Crippen LogP contribution in [0, 0.1) is 0 Å². The third kappa shape index (κ3) is 9.22. The smallest absolute Gasteiger partial charge is 0.493 e. The van der Waals surface area contributed by atoms with E-state index in [4.69, 9.17) is 36.0 Å². The van der Waals surface area contributed by atoms with Gasteiger partial charge in [-0.15, -0.1) is 0 Å². The van der Waals surface area contributed by atoms with Gasteiger partial charge in [0.25, 0.3) is 0 Å². The van der Waals surface area contributed by atoms with E-state index in [1.165, 1.54) is 44.2 Å². The lowest BCUT2D eigenvalue weighted by atomic mass is 9.65. The highest BCUT2D eigenvalue weighted by molar-refractivity contribution is 7.99. The Morgan fingerprint density at radius 2 is 0.754 bits per heavy atom. The summed E-state index contributed by atoms with van der Waals surface area (Å²) in [4.78, 5) is 0. The Bertz CT molecular complexity index is 2190. The molecule has 61 heavy (non-hydrogen) atoms. The number of fused-ring (bicyclic) bond motifs is 5. The minimum Gasteiger partial charge on any atom is -0.493 e. The van der Waals surface area contributed by atoms with Crippen LogP contribution >= 0.6 is 23.5 Å². The van der Waals surface area contributed by atoms with Crippen molar-refractivity contribution in [2.24, 2.45) is 0 Å². The fourth-order valence-electron chi connectivity index (χ4n) is 8.83. The zero-order valence-electron chi connectivity index (χ0n) is 36.2. The molecule has 0 bridgehead atoms. The van der Waals surface area contributed by atoms with Gasteiger partial charge in [0.15, 0.2) is 0 Å². The van der Waals surface area contributed by atoms with E-state index >= 15 is 0 Å². The van der Waals surface area contributed by atoms with E-state index in [-0.39, 0.29) is 0 Å². The molecule has 0 atom stereocenters. The predicted molar refractivity (Wildman–Crippen MR) is 257 cm³/mol. The van der Waals surface area contributed by atoms with E-state index in [1.54, 1.807) is 42.7 Å². The molecule has 0 spiro atoms. The van der Waals surface area contributed by atoms with E-state index < -0.39 is 23.0 Å².